The maximum Gasteiger partial charge on any atom is 0.243 e. The van der Waals surface area contributed by atoms with Crippen LogP contribution in [0.15, 0.2) is 4.52 Å². The molecule has 0 aromatic carbocycles. The summed E-state index contributed by atoms with van der Waals surface area (Å²) in [5.74, 6) is 2.78. The quantitative estimate of drug-likeness (QED) is 0.775. The maximum absolute atomic E-state index is 5.46. The zero-order chi connectivity index (χ0) is 17.4. The van der Waals surface area contributed by atoms with Gasteiger partial charge in [0, 0.05) is 32.1 Å². The molecule has 0 N–H and O–H groups in total. The van der Waals surface area contributed by atoms with E-state index < -0.39 is 0 Å². The first-order valence-corrected chi connectivity index (χ1v) is 9.18. The van der Waals surface area contributed by atoms with Crippen LogP contribution in [0.4, 0.5) is 0 Å². The van der Waals surface area contributed by atoms with E-state index in [0.29, 0.717) is 12.0 Å². The van der Waals surface area contributed by atoms with E-state index in [1.807, 2.05) is 4.68 Å². The molecule has 1 atom stereocenters. The zero-order valence-electron chi connectivity index (χ0n) is 15.2. The van der Waals surface area contributed by atoms with E-state index in [2.05, 4.69) is 56.2 Å². The molecule has 136 valence electrons. The second-order valence-electron chi connectivity index (χ2n) is 7.40. The summed E-state index contributed by atoms with van der Waals surface area (Å²) in [7, 11) is 0. The van der Waals surface area contributed by atoms with E-state index in [1.165, 1.54) is 12.8 Å². The Morgan fingerprint density at radius 1 is 1.12 bits per heavy atom. The molecule has 2 aromatic heterocycles. The maximum atomic E-state index is 5.46. The Hall–Kier alpha value is -1.87. The Bertz CT molecular complexity index is 699. The normalized spacial score (nSPS) is 21.1. The highest BCUT2D eigenvalue weighted by atomic mass is 16.5. The molecule has 0 radical (unpaired) electrons. The molecule has 2 aromatic rings. The van der Waals surface area contributed by atoms with Crippen molar-refractivity contribution in [3.63, 3.8) is 0 Å². The summed E-state index contributed by atoms with van der Waals surface area (Å²) < 4.78 is 7.46. The average Bonchev–Trinajstić information content (AvgIpc) is 3.15. The Labute approximate surface area is 147 Å². The van der Waals surface area contributed by atoms with Crippen molar-refractivity contribution in [2.24, 2.45) is 0 Å². The molecule has 2 aliphatic rings. The van der Waals surface area contributed by atoms with Gasteiger partial charge in [-0.3, -0.25) is 9.80 Å². The summed E-state index contributed by atoms with van der Waals surface area (Å²) in [5.41, 5.74) is 0. The van der Waals surface area contributed by atoms with Crippen molar-refractivity contribution in [3.8, 4) is 0 Å². The number of hydrogen-bond acceptors (Lipinski definition) is 8. The van der Waals surface area contributed by atoms with Crippen LogP contribution in [0.5, 0.6) is 0 Å². The minimum atomic E-state index is 0.152. The lowest BCUT2D eigenvalue weighted by Crippen LogP contribution is -2.47. The van der Waals surface area contributed by atoms with Crippen molar-refractivity contribution in [1.29, 1.82) is 0 Å². The van der Waals surface area contributed by atoms with Gasteiger partial charge in [0.05, 0.1) is 18.6 Å². The molecule has 2 fully saturated rings. The van der Waals surface area contributed by atoms with E-state index in [4.69, 9.17) is 4.52 Å². The number of hydrogen-bond donors (Lipinski definition) is 0. The molecule has 1 saturated heterocycles. The lowest BCUT2D eigenvalue weighted by Gasteiger charge is -2.36. The Morgan fingerprint density at radius 3 is 2.52 bits per heavy atom. The highest BCUT2D eigenvalue weighted by molar-refractivity contribution is 4.97. The van der Waals surface area contributed by atoms with E-state index >= 15 is 0 Å². The minimum Gasteiger partial charge on any atom is -0.338 e. The summed E-state index contributed by atoms with van der Waals surface area (Å²) >= 11 is 0. The Kier molecular flexibility index (Phi) is 4.51. The number of nitrogens with zero attached hydrogens (tertiary/aromatic N) is 8. The summed E-state index contributed by atoms with van der Waals surface area (Å²) in [6.45, 7) is 11.1. The molecule has 0 bridgehead atoms. The topological polar surface area (TPSA) is 89.0 Å². The van der Waals surface area contributed by atoms with Gasteiger partial charge >= 0.3 is 0 Å². The summed E-state index contributed by atoms with van der Waals surface area (Å²) in [5, 5.41) is 16.3. The minimum absolute atomic E-state index is 0.152. The second kappa shape index (κ2) is 6.80. The number of piperazine rings is 1. The second-order valence-corrected chi connectivity index (χ2v) is 7.40. The average molecular weight is 346 g/mol. The first kappa shape index (κ1) is 16.6. The van der Waals surface area contributed by atoms with Crippen LogP contribution < -0.4 is 0 Å². The smallest absolute Gasteiger partial charge is 0.243 e. The van der Waals surface area contributed by atoms with Crippen LogP contribution in [0, 0.1) is 0 Å². The fraction of sp³-hybridized carbons (Fsp3) is 0.812. The molecule has 1 saturated carbocycles. The number of tetrazole rings is 1. The first-order valence-electron chi connectivity index (χ1n) is 9.18. The summed E-state index contributed by atoms with van der Waals surface area (Å²) in [6, 6.07) is 0.679. The molecular weight excluding hydrogens is 320 g/mol. The molecule has 1 aliphatic carbocycles. The van der Waals surface area contributed by atoms with Gasteiger partial charge in [-0.25, -0.2) is 4.68 Å². The predicted octanol–water partition coefficient (Wildman–Crippen LogP) is 1.39. The van der Waals surface area contributed by atoms with Crippen LogP contribution in [0.2, 0.25) is 0 Å². The van der Waals surface area contributed by atoms with Gasteiger partial charge in [-0.1, -0.05) is 19.0 Å². The van der Waals surface area contributed by atoms with Gasteiger partial charge in [0.1, 0.15) is 0 Å². The SMILES string of the molecule is CC(C)c1noc([C@@H](C)N2CCN(Cc3nnnn3C3CC3)CC2)n1. The molecule has 25 heavy (non-hydrogen) atoms. The summed E-state index contributed by atoms with van der Waals surface area (Å²) in [4.78, 5) is 9.36. The molecule has 3 heterocycles. The van der Waals surface area contributed by atoms with Crippen LogP contribution in [-0.2, 0) is 6.54 Å². The van der Waals surface area contributed by atoms with Gasteiger partial charge < -0.3 is 4.52 Å². The standard InChI is InChI=1S/C16H26N8O/c1-11(2)15-17-16(25-19-15)12(3)23-8-6-22(7-9-23)10-14-18-20-21-24(14)13-4-5-13/h11-13H,4-10H2,1-3H3/t12-/m1/s1. The van der Waals surface area contributed by atoms with Crippen LogP contribution in [0.1, 0.15) is 69.2 Å². The van der Waals surface area contributed by atoms with Crippen molar-refractivity contribution in [3.05, 3.63) is 17.5 Å². The van der Waals surface area contributed by atoms with Gasteiger partial charge in [-0.15, -0.1) is 5.10 Å². The van der Waals surface area contributed by atoms with Crippen molar-refractivity contribution >= 4 is 0 Å². The third-order valence-corrected chi connectivity index (χ3v) is 5.10. The van der Waals surface area contributed by atoms with Gasteiger partial charge in [0.15, 0.2) is 11.6 Å². The van der Waals surface area contributed by atoms with Crippen molar-refractivity contribution in [1.82, 2.24) is 40.1 Å². The lowest BCUT2D eigenvalue weighted by atomic mass is 10.2. The van der Waals surface area contributed by atoms with E-state index in [0.717, 1.165) is 50.3 Å². The molecule has 0 unspecified atom stereocenters. The molecule has 1 aliphatic heterocycles. The summed E-state index contributed by atoms with van der Waals surface area (Å²) in [6.07, 6.45) is 2.40. The van der Waals surface area contributed by atoms with Gasteiger partial charge in [-0.05, 0) is 30.2 Å². The van der Waals surface area contributed by atoms with Gasteiger partial charge in [-0.2, -0.15) is 4.98 Å². The largest absolute Gasteiger partial charge is 0.338 e. The molecular formula is C16H26N8O. The van der Waals surface area contributed by atoms with Gasteiger partial charge in [0.2, 0.25) is 5.89 Å². The first-order chi connectivity index (χ1) is 12.1. The number of aromatic nitrogens is 6. The van der Waals surface area contributed by atoms with Crippen LogP contribution in [0.25, 0.3) is 0 Å². The van der Waals surface area contributed by atoms with E-state index in [1.54, 1.807) is 0 Å². The Morgan fingerprint density at radius 2 is 1.88 bits per heavy atom. The van der Waals surface area contributed by atoms with Crippen molar-refractivity contribution in [2.45, 2.75) is 58.2 Å². The van der Waals surface area contributed by atoms with Gasteiger partial charge in [0.25, 0.3) is 0 Å². The van der Waals surface area contributed by atoms with Crippen LogP contribution in [-0.4, -0.2) is 66.3 Å². The molecule has 0 spiro atoms. The van der Waals surface area contributed by atoms with Crippen LogP contribution >= 0.6 is 0 Å². The number of rotatable bonds is 6. The molecule has 9 heteroatoms. The predicted molar refractivity (Wildman–Crippen MR) is 89.7 cm³/mol. The highest BCUT2D eigenvalue weighted by Gasteiger charge is 2.30. The third kappa shape index (κ3) is 3.57. The van der Waals surface area contributed by atoms with Crippen molar-refractivity contribution in [2.75, 3.05) is 26.2 Å². The lowest BCUT2D eigenvalue weighted by molar-refractivity contribution is 0.0823. The highest BCUT2D eigenvalue weighted by Crippen LogP contribution is 2.34. The van der Waals surface area contributed by atoms with E-state index in [-0.39, 0.29) is 6.04 Å². The molecule has 9 nitrogen and oxygen atoms in total. The fourth-order valence-corrected chi connectivity index (χ4v) is 3.24. The molecule has 4 rings (SSSR count). The Balaban J connectivity index is 1.32. The fourth-order valence-electron chi connectivity index (χ4n) is 3.24. The molecule has 0 amide bonds. The van der Waals surface area contributed by atoms with Crippen molar-refractivity contribution < 1.29 is 4.52 Å². The monoisotopic (exact) mass is 346 g/mol. The van der Waals surface area contributed by atoms with E-state index in [9.17, 15) is 0 Å². The third-order valence-electron chi connectivity index (χ3n) is 5.10. The zero-order valence-corrected chi connectivity index (χ0v) is 15.2. The van der Waals surface area contributed by atoms with Crippen LogP contribution in [0.3, 0.4) is 0 Å².